The molecule has 0 aliphatic heterocycles. The molecule has 1 aromatic rings. The lowest BCUT2D eigenvalue weighted by Gasteiger charge is -2.14. The van der Waals surface area contributed by atoms with Crippen molar-refractivity contribution in [1.82, 2.24) is 5.32 Å². The number of thiophene rings is 1. The number of aryl methyl sites for hydroxylation is 1. The molecule has 120 valence electrons. The fourth-order valence-corrected chi connectivity index (χ4v) is 3.66. The number of anilines is 1. The maximum absolute atomic E-state index is 11.7. The Bertz CT molecular complexity index is 579. The van der Waals surface area contributed by atoms with Gasteiger partial charge in [-0.3, -0.25) is 0 Å². The number of thiocarbonyl (C=S) groups is 1. The van der Waals surface area contributed by atoms with Crippen LogP contribution in [-0.2, 0) is 4.74 Å². The van der Waals surface area contributed by atoms with Crippen molar-refractivity contribution in [3.63, 3.8) is 0 Å². The van der Waals surface area contributed by atoms with E-state index in [-0.39, 0.29) is 5.97 Å². The molecule has 0 bridgehead atoms. The smallest absolute Gasteiger partial charge is 0.340 e. The van der Waals surface area contributed by atoms with Gasteiger partial charge in [-0.1, -0.05) is 11.6 Å². The lowest BCUT2D eigenvalue weighted by Crippen LogP contribution is -2.29. The maximum atomic E-state index is 11.7. The molecule has 1 heterocycles. The number of rotatable bonds is 5. The first-order valence-corrected chi connectivity index (χ1v) is 8.74. The van der Waals surface area contributed by atoms with Gasteiger partial charge in [0.15, 0.2) is 5.11 Å². The third-order valence-corrected chi connectivity index (χ3v) is 4.82. The van der Waals surface area contributed by atoms with Gasteiger partial charge in [0.05, 0.1) is 12.7 Å². The van der Waals surface area contributed by atoms with Gasteiger partial charge in [0, 0.05) is 11.4 Å². The minimum atomic E-state index is -0.345. The molecule has 2 rings (SSSR count). The Labute approximate surface area is 140 Å². The summed E-state index contributed by atoms with van der Waals surface area (Å²) in [5, 5.41) is 7.59. The lowest BCUT2D eigenvalue weighted by atomic mass is 9.97. The second-order valence-electron chi connectivity index (χ2n) is 5.33. The second-order valence-corrected chi connectivity index (χ2v) is 7.00. The maximum Gasteiger partial charge on any atom is 0.340 e. The Kier molecular flexibility index (Phi) is 6.39. The van der Waals surface area contributed by atoms with Gasteiger partial charge >= 0.3 is 5.97 Å². The van der Waals surface area contributed by atoms with E-state index in [0.717, 1.165) is 22.8 Å². The molecule has 0 saturated heterocycles. The molecule has 0 saturated carbocycles. The molecule has 0 unspecified atom stereocenters. The Hall–Kier alpha value is -1.40. The van der Waals surface area contributed by atoms with Crippen molar-refractivity contribution >= 4 is 39.6 Å². The van der Waals surface area contributed by atoms with Gasteiger partial charge in [0.2, 0.25) is 0 Å². The Balaban J connectivity index is 1.84. The average Bonchev–Trinajstić information content (AvgIpc) is 2.88. The third-order valence-electron chi connectivity index (χ3n) is 3.60. The molecular formula is C16H22N2O2S2. The van der Waals surface area contributed by atoms with Crippen LogP contribution in [0.15, 0.2) is 17.7 Å². The number of hydrogen-bond donors (Lipinski definition) is 2. The van der Waals surface area contributed by atoms with E-state index in [1.54, 1.807) is 0 Å². The molecule has 2 N–H and O–H groups in total. The van der Waals surface area contributed by atoms with E-state index in [9.17, 15) is 4.79 Å². The van der Waals surface area contributed by atoms with E-state index in [2.05, 4.69) is 16.7 Å². The van der Waals surface area contributed by atoms with Gasteiger partial charge in [-0.25, -0.2) is 4.79 Å². The summed E-state index contributed by atoms with van der Waals surface area (Å²) in [6, 6.07) is 1.81. The molecule has 22 heavy (non-hydrogen) atoms. The topological polar surface area (TPSA) is 50.4 Å². The van der Waals surface area contributed by atoms with Crippen molar-refractivity contribution in [3.05, 3.63) is 28.2 Å². The molecule has 0 amide bonds. The molecule has 1 aliphatic carbocycles. The summed E-state index contributed by atoms with van der Waals surface area (Å²) in [6.07, 6.45) is 8.39. The minimum Gasteiger partial charge on any atom is -0.465 e. The van der Waals surface area contributed by atoms with E-state index in [0.29, 0.717) is 10.7 Å². The summed E-state index contributed by atoms with van der Waals surface area (Å²) in [5.74, 6) is -0.345. The molecule has 1 aromatic heterocycles. The molecular weight excluding hydrogens is 316 g/mol. The van der Waals surface area contributed by atoms with Crippen LogP contribution in [0, 0.1) is 6.92 Å². The van der Waals surface area contributed by atoms with Crippen molar-refractivity contribution in [1.29, 1.82) is 0 Å². The van der Waals surface area contributed by atoms with E-state index in [1.807, 2.05) is 13.0 Å². The molecule has 0 spiro atoms. The predicted octanol–water partition coefficient (Wildman–Crippen LogP) is 4.02. The highest BCUT2D eigenvalue weighted by Crippen LogP contribution is 2.28. The molecule has 6 heteroatoms. The number of carbonyl (C=O) groups excluding carboxylic acids is 1. The number of carbonyl (C=O) groups is 1. The molecule has 1 aliphatic rings. The highest BCUT2D eigenvalue weighted by Gasteiger charge is 2.16. The van der Waals surface area contributed by atoms with Crippen molar-refractivity contribution in [2.45, 2.75) is 39.0 Å². The van der Waals surface area contributed by atoms with Gasteiger partial charge in [-0.05, 0) is 57.3 Å². The first-order valence-electron chi connectivity index (χ1n) is 7.51. The van der Waals surface area contributed by atoms with Crippen LogP contribution in [0.1, 0.15) is 47.3 Å². The molecule has 0 atom stereocenters. The number of esters is 1. The van der Waals surface area contributed by atoms with E-state index in [4.69, 9.17) is 17.0 Å². The van der Waals surface area contributed by atoms with Crippen molar-refractivity contribution in [3.8, 4) is 0 Å². The monoisotopic (exact) mass is 338 g/mol. The van der Waals surface area contributed by atoms with Gasteiger partial charge in [0.1, 0.15) is 5.00 Å². The zero-order chi connectivity index (χ0) is 15.9. The zero-order valence-electron chi connectivity index (χ0n) is 13.0. The number of ether oxygens (including phenoxy) is 1. The summed E-state index contributed by atoms with van der Waals surface area (Å²) in [6.45, 7) is 2.77. The summed E-state index contributed by atoms with van der Waals surface area (Å²) < 4.78 is 4.79. The Morgan fingerprint density at radius 2 is 2.27 bits per heavy atom. The molecule has 0 aromatic carbocycles. The van der Waals surface area contributed by atoms with Gasteiger partial charge in [-0.15, -0.1) is 11.3 Å². The first-order chi connectivity index (χ1) is 10.6. The summed E-state index contributed by atoms with van der Waals surface area (Å²) in [4.78, 5) is 12.8. The van der Waals surface area contributed by atoms with Crippen molar-refractivity contribution in [2.24, 2.45) is 0 Å². The number of methoxy groups -OCH3 is 1. The minimum absolute atomic E-state index is 0.345. The van der Waals surface area contributed by atoms with E-state index >= 15 is 0 Å². The van der Waals surface area contributed by atoms with Gasteiger partial charge in [-0.2, -0.15) is 0 Å². The van der Waals surface area contributed by atoms with Crippen LogP contribution < -0.4 is 10.6 Å². The first kappa shape index (κ1) is 17.0. The summed E-state index contributed by atoms with van der Waals surface area (Å²) in [5.41, 5.74) is 2.05. The van der Waals surface area contributed by atoms with Crippen molar-refractivity contribution < 1.29 is 9.53 Å². The van der Waals surface area contributed by atoms with E-state index < -0.39 is 0 Å². The van der Waals surface area contributed by atoms with Crippen molar-refractivity contribution in [2.75, 3.05) is 19.0 Å². The summed E-state index contributed by atoms with van der Waals surface area (Å²) in [7, 11) is 1.38. The number of hydrogen-bond acceptors (Lipinski definition) is 4. The Morgan fingerprint density at radius 3 is 2.95 bits per heavy atom. The average molecular weight is 338 g/mol. The van der Waals surface area contributed by atoms with E-state index in [1.165, 1.54) is 49.7 Å². The van der Waals surface area contributed by atoms with Crippen LogP contribution in [0.5, 0.6) is 0 Å². The Morgan fingerprint density at radius 1 is 1.45 bits per heavy atom. The van der Waals surface area contributed by atoms with Crippen LogP contribution in [-0.4, -0.2) is 24.7 Å². The standard InChI is InChI=1S/C16H22N2O2S2/c1-11-10-13(15(19)20-2)14(22-11)18-16(21)17-9-8-12-6-4-3-5-7-12/h6,10H,3-5,7-9H2,1-2H3,(H2,17,18,21). The van der Waals surface area contributed by atoms with Crippen LogP contribution in [0.4, 0.5) is 5.00 Å². The van der Waals surface area contributed by atoms with Crippen LogP contribution >= 0.6 is 23.6 Å². The third kappa shape index (κ3) is 4.81. The quantitative estimate of drug-likeness (QED) is 0.482. The largest absolute Gasteiger partial charge is 0.465 e. The lowest BCUT2D eigenvalue weighted by molar-refractivity contribution is 0.0602. The number of nitrogens with one attached hydrogen (secondary N) is 2. The SMILES string of the molecule is COC(=O)c1cc(C)sc1NC(=S)NCCC1=CCCCC1. The van der Waals surface area contributed by atoms with Gasteiger partial charge in [0.25, 0.3) is 0 Å². The van der Waals surface area contributed by atoms with Crippen LogP contribution in [0.25, 0.3) is 0 Å². The highest BCUT2D eigenvalue weighted by molar-refractivity contribution is 7.80. The van der Waals surface area contributed by atoms with Crippen LogP contribution in [0.3, 0.4) is 0 Å². The predicted molar refractivity (Wildman–Crippen MR) is 95.8 cm³/mol. The normalized spacial score (nSPS) is 14.2. The molecule has 0 radical (unpaired) electrons. The fourth-order valence-electron chi connectivity index (χ4n) is 2.48. The number of allylic oxidation sites excluding steroid dienone is 1. The molecule has 0 fully saturated rings. The van der Waals surface area contributed by atoms with Crippen LogP contribution in [0.2, 0.25) is 0 Å². The second kappa shape index (κ2) is 8.29. The van der Waals surface area contributed by atoms with Gasteiger partial charge < -0.3 is 15.4 Å². The summed E-state index contributed by atoms with van der Waals surface area (Å²) >= 11 is 6.80. The highest BCUT2D eigenvalue weighted by atomic mass is 32.1. The molecule has 4 nitrogen and oxygen atoms in total. The zero-order valence-corrected chi connectivity index (χ0v) is 14.7. The fraction of sp³-hybridized carbons (Fsp3) is 0.500.